The quantitative estimate of drug-likeness (QED) is 0.679. The van der Waals surface area contributed by atoms with Crippen LogP contribution in [0.5, 0.6) is 0 Å². The first-order valence-electron chi connectivity index (χ1n) is 5.27. The highest BCUT2D eigenvalue weighted by atomic mass is 16.5. The van der Waals surface area contributed by atoms with Crippen molar-refractivity contribution in [2.24, 2.45) is 0 Å². The van der Waals surface area contributed by atoms with E-state index in [1.807, 2.05) is 19.1 Å². The number of anilines is 2. The van der Waals surface area contributed by atoms with Gasteiger partial charge in [-0.05, 0) is 19.1 Å². The van der Waals surface area contributed by atoms with E-state index in [4.69, 9.17) is 15.2 Å². The van der Waals surface area contributed by atoms with Crippen molar-refractivity contribution >= 4 is 11.5 Å². The molecule has 0 aromatic carbocycles. The van der Waals surface area contributed by atoms with Crippen LogP contribution in [0.1, 0.15) is 5.69 Å². The van der Waals surface area contributed by atoms with E-state index < -0.39 is 0 Å². The summed E-state index contributed by atoms with van der Waals surface area (Å²) in [6, 6.07) is 3.73. The molecule has 90 valence electrons. The lowest BCUT2D eigenvalue weighted by Gasteiger charge is -2.09. The molecule has 1 heterocycles. The van der Waals surface area contributed by atoms with Gasteiger partial charge in [0, 0.05) is 19.3 Å². The summed E-state index contributed by atoms with van der Waals surface area (Å²) in [5, 5.41) is 3.13. The van der Waals surface area contributed by atoms with Gasteiger partial charge < -0.3 is 20.5 Å². The number of rotatable bonds is 7. The fourth-order valence-electron chi connectivity index (χ4n) is 1.19. The molecule has 0 saturated carbocycles. The summed E-state index contributed by atoms with van der Waals surface area (Å²) in [5.74, 6) is 0.718. The fourth-order valence-corrected chi connectivity index (χ4v) is 1.19. The molecule has 16 heavy (non-hydrogen) atoms. The lowest BCUT2D eigenvalue weighted by Crippen LogP contribution is -2.13. The molecule has 1 aromatic heterocycles. The standard InChI is InChI=1S/C11H19N3O2/c1-9-3-4-10(12)11(14-9)13-5-6-16-8-7-15-2/h3-4H,5-8,12H2,1-2H3,(H,13,14). The Morgan fingerprint density at radius 2 is 2.12 bits per heavy atom. The van der Waals surface area contributed by atoms with E-state index in [0.29, 0.717) is 32.1 Å². The van der Waals surface area contributed by atoms with Crippen LogP contribution in [-0.2, 0) is 9.47 Å². The molecule has 0 amide bonds. The minimum atomic E-state index is 0.606. The van der Waals surface area contributed by atoms with Crippen LogP contribution in [0, 0.1) is 6.92 Å². The summed E-state index contributed by atoms with van der Waals surface area (Å²) in [6.07, 6.45) is 0. The molecule has 1 rings (SSSR count). The number of pyridine rings is 1. The van der Waals surface area contributed by atoms with Crippen molar-refractivity contribution in [1.82, 2.24) is 4.98 Å². The van der Waals surface area contributed by atoms with Crippen LogP contribution in [0.25, 0.3) is 0 Å². The third-order valence-electron chi connectivity index (χ3n) is 2.04. The third-order valence-corrected chi connectivity index (χ3v) is 2.04. The summed E-state index contributed by atoms with van der Waals surface area (Å²) >= 11 is 0. The number of ether oxygens (including phenoxy) is 2. The Kier molecular flexibility index (Phi) is 5.60. The average Bonchev–Trinajstić information content (AvgIpc) is 2.28. The first-order valence-corrected chi connectivity index (χ1v) is 5.27. The normalized spacial score (nSPS) is 10.4. The summed E-state index contributed by atoms with van der Waals surface area (Å²) in [4.78, 5) is 4.29. The van der Waals surface area contributed by atoms with Crippen LogP contribution < -0.4 is 11.1 Å². The van der Waals surface area contributed by atoms with Crippen LogP contribution >= 0.6 is 0 Å². The van der Waals surface area contributed by atoms with E-state index in [2.05, 4.69) is 10.3 Å². The second-order valence-corrected chi connectivity index (χ2v) is 3.42. The van der Waals surface area contributed by atoms with Crippen molar-refractivity contribution in [1.29, 1.82) is 0 Å². The Bertz CT molecular complexity index is 318. The summed E-state index contributed by atoms with van der Waals surface area (Å²) < 4.78 is 10.2. The van der Waals surface area contributed by atoms with Gasteiger partial charge in [-0.25, -0.2) is 4.98 Å². The largest absolute Gasteiger partial charge is 0.396 e. The fraction of sp³-hybridized carbons (Fsp3) is 0.545. The maximum atomic E-state index is 5.77. The van der Waals surface area contributed by atoms with Gasteiger partial charge in [0.2, 0.25) is 0 Å². The summed E-state index contributed by atoms with van der Waals surface area (Å²) in [7, 11) is 1.65. The number of nitrogens with two attached hydrogens (primary N) is 1. The van der Waals surface area contributed by atoms with Gasteiger partial charge in [0.15, 0.2) is 0 Å². The second kappa shape index (κ2) is 7.03. The topological polar surface area (TPSA) is 69.4 Å². The van der Waals surface area contributed by atoms with Crippen molar-refractivity contribution in [2.45, 2.75) is 6.92 Å². The predicted molar refractivity (Wildman–Crippen MR) is 64.6 cm³/mol. The number of aromatic nitrogens is 1. The lowest BCUT2D eigenvalue weighted by molar-refractivity contribution is 0.0759. The van der Waals surface area contributed by atoms with Gasteiger partial charge in [-0.2, -0.15) is 0 Å². The molecule has 0 unspecified atom stereocenters. The van der Waals surface area contributed by atoms with Crippen LogP contribution in [0.15, 0.2) is 12.1 Å². The number of nitrogens with zero attached hydrogens (tertiary/aromatic N) is 1. The molecule has 1 aromatic rings. The van der Waals surface area contributed by atoms with Crippen molar-refractivity contribution in [3.63, 3.8) is 0 Å². The zero-order chi connectivity index (χ0) is 11.8. The number of hydrogen-bond donors (Lipinski definition) is 2. The summed E-state index contributed by atoms with van der Waals surface area (Å²) in [5.41, 5.74) is 7.36. The molecule has 0 saturated heterocycles. The third kappa shape index (κ3) is 4.46. The van der Waals surface area contributed by atoms with Gasteiger partial charge in [-0.3, -0.25) is 0 Å². The molecule has 0 fully saturated rings. The molecule has 0 bridgehead atoms. The van der Waals surface area contributed by atoms with E-state index >= 15 is 0 Å². The zero-order valence-corrected chi connectivity index (χ0v) is 9.82. The molecule has 5 nitrogen and oxygen atoms in total. The van der Waals surface area contributed by atoms with Gasteiger partial charge in [0.1, 0.15) is 5.82 Å². The predicted octanol–water partition coefficient (Wildman–Crippen LogP) is 1.05. The highest BCUT2D eigenvalue weighted by Crippen LogP contribution is 2.14. The maximum Gasteiger partial charge on any atom is 0.149 e. The molecular formula is C11H19N3O2. The highest BCUT2D eigenvalue weighted by molar-refractivity contribution is 5.61. The molecule has 5 heteroatoms. The number of nitrogens with one attached hydrogen (secondary N) is 1. The molecule has 0 aliphatic carbocycles. The molecule has 0 radical (unpaired) electrons. The number of methoxy groups -OCH3 is 1. The van der Waals surface area contributed by atoms with Gasteiger partial charge >= 0.3 is 0 Å². The Balaban J connectivity index is 2.23. The highest BCUT2D eigenvalue weighted by Gasteiger charge is 1.99. The maximum absolute atomic E-state index is 5.77. The molecule has 0 spiro atoms. The van der Waals surface area contributed by atoms with Crippen LogP contribution in [-0.4, -0.2) is 38.5 Å². The molecule has 3 N–H and O–H groups in total. The van der Waals surface area contributed by atoms with E-state index in [0.717, 1.165) is 11.5 Å². The first-order chi connectivity index (χ1) is 7.74. The van der Waals surface area contributed by atoms with E-state index in [-0.39, 0.29) is 0 Å². The van der Waals surface area contributed by atoms with Gasteiger partial charge in [0.05, 0.1) is 25.5 Å². The SMILES string of the molecule is COCCOCCNc1nc(C)ccc1N. The zero-order valence-electron chi connectivity index (χ0n) is 9.82. The van der Waals surface area contributed by atoms with E-state index in [1.54, 1.807) is 7.11 Å². The van der Waals surface area contributed by atoms with E-state index in [9.17, 15) is 0 Å². The monoisotopic (exact) mass is 225 g/mol. The number of hydrogen-bond acceptors (Lipinski definition) is 5. The second-order valence-electron chi connectivity index (χ2n) is 3.42. The van der Waals surface area contributed by atoms with Crippen molar-refractivity contribution in [3.8, 4) is 0 Å². The van der Waals surface area contributed by atoms with Crippen LogP contribution in [0.2, 0.25) is 0 Å². The smallest absolute Gasteiger partial charge is 0.149 e. The van der Waals surface area contributed by atoms with Gasteiger partial charge in [-0.15, -0.1) is 0 Å². The molecule has 0 aliphatic rings. The van der Waals surface area contributed by atoms with Crippen molar-refractivity contribution in [3.05, 3.63) is 17.8 Å². The number of aryl methyl sites for hydroxylation is 1. The minimum Gasteiger partial charge on any atom is -0.396 e. The van der Waals surface area contributed by atoms with Gasteiger partial charge in [0.25, 0.3) is 0 Å². The molecule has 0 aliphatic heterocycles. The molecule has 0 atom stereocenters. The average molecular weight is 225 g/mol. The first kappa shape index (κ1) is 12.7. The van der Waals surface area contributed by atoms with Gasteiger partial charge in [-0.1, -0.05) is 0 Å². The Labute approximate surface area is 96.0 Å². The van der Waals surface area contributed by atoms with Crippen LogP contribution in [0.3, 0.4) is 0 Å². The van der Waals surface area contributed by atoms with Crippen molar-refractivity contribution < 1.29 is 9.47 Å². The number of nitrogen functional groups attached to an aromatic ring is 1. The molecular weight excluding hydrogens is 206 g/mol. The lowest BCUT2D eigenvalue weighted by atomic mass is 10.3. The minimum absolute atomic E-state index is 0.606. The van der Waals surface area contributed by atoms with Crippen molar-refractivity contribution in [2.75, 3.05) is 44.5 Å². The van der Waals surface area contributed by atoms with Crippen LogP contribution in [0.4, 0.5) is 11.5 Å². The van der Waals surface area contributed by atoms with E-state index in [1.165, 1.54) is 0 Å². The Morgan fingerprint density at radius 3 is 2.88 bits per heavy atom. The summed E-state index contributed by atoms with van der Waals surface area (Å²) in [6.45, 7) is 4.45. The Hall–Kier alpha value is -1.33. The Morgan fingerprint density at radius 1 is 1.31 bits per heavy atom.